The maximum absolute atomic E-state index is 5.73. The van der Waals surface area contributed by atoms with Crippen LogP contribution in [-0.2, 0) is 0 Å². The molecule has 0 bridgehead atoms. The second-order valence-electron chi connectivity index (χ2n) is 3.67. The van der Waals surface area contributed by atoms with E-state index in [-0.39, 0.29) is 0 Å². The van der Waals surface area contributed by atoms with Gasteiger partial charge in [-0.15, -0.1) is 0 Å². The average molecular weight is 237 g/mol. The standard InChI is InChI=1S/C10H15N5S/c1-7(6-16-2)13-9-10-12-3-4-15(10)5-8(11)14-9/h3-5,7H,6,11H2,1-2H3,(H,13,14). The smallest absolute Gasteiger partial charge is 0.180 e. The second-order valence-corrected chi connectivity index (χ2v) is 4.58. The van der Waals surface area contributed by atoms with Gasteiger partial charge in [-0.2, -0.15) is 11.8 Å². The third kappa shape index (κ3) is 2.21. The largest absolute Gasteiger partial charge is 0.382 e. The highest BCUT2D eigenvalue weighted by molar-refractivity contribution is 7.98. The van der Waals surface area contributed by atoms with Crippen LogP contribution in [0.5, 0.6) is 0 Å². The molecule has 0 aliphatic rings. The average Bonchev–Trinajstić information content (AvgIpc) is 2.65. The van der Waals surface area contributed by atoms with Gasteiger partial charge in [0.15, 0.2) is 11.5 Å². The van der Waals surface area contributed by atoms with Crippen LogP contribution in [0.2, 0.25) is 0 Å². The molecule has 86 valence electrons. The van der Waals surface area contributed by atoms with Gasteiger partial charge in [0.25, 0.3) is 0 Å². The quantitative estimate of drug-likeness (QED) is 0.843. The van der Waals surface area contributed by atoms with E-state index in [9.17, 15) is 0 Å². The van der Waals surface area contributed by atoms with Crippen molar-refractivity contribution in [3.63, 3.8) is 0 Å². The van der Waals surface area contributed by atoms with Gasteiger partial charge in [-0.3, -0.25) is 0 Å². The Labute approximate surface area is 98.5 Å². The van der Waals surface area contributed by atoms with Crippen molar-refractivity contribution in [2.75, 3.05) is 23.1 Å². The molecule has 6 heteroatoms. The Hall–Kier alpha value is -1.43. The molecule has 2 aromatic heterocycles. The van der Waals surface area contributed by atoms with Crippen molar-refractivity contribution < 1.29 is 0 Å². The van der Waals surface area contributed by atoms with Crippen LogP contribution in [0.4, 0.5) is 11.6 Å². The zero-order chi connectivity index (χ0) is 11.5. The minimum atomic E-state index is 0.338. The van der Waals surface area contributed by atoms with Crippen molar-refractivity contribution in [2.45, 2.75) is 13.0 Å². The summed E-state index contributed by atoms with van der Waals surface area (Å²) in [5.74, 6) is 2.25. The van der Waals surface area contributed by atoms with Crippen LogP contribution in [-0.4, -0.2) is 32.4 Å². The molecule has 0 radical (unpaired) electrons. The fraction of sp³-hybridized carbons (Fsp3) is 0.400. The summed E-state index contributed by atoms with van der Waals surface area (Å²) in [5.41, 5.74) is 6.54. The molecule has 0 saturated carbocycles. The maximum atomic E-state index is 5.73. The van der Waals surface area contributed by atoms with Crippen LogP contribution in [0.3, 0.4) is 0 Å². The number of nitrogens with zero attached hydrogens (tertiary/aromatic N) is 3. The van der Waals surface area contributed by atoms with Gasteiger partial charge < -0.3 is 15.5 Å². The molecular formula is C10H15N5S. The lowest BCUT2D eigenvalue weighted by molar-refractivity contribution is 0.901. The summed E-state index contributed by atoms with van der Waals surface area (Å²) in [4.78, 5) is 8.52. The van der Waals surface area contributed by atoms with Crippen LogP contribution in [0.25, 0.3) is 5.65 Å². The first-order valence-corrected chi connectivity index (χ1v) is 6.44. The summed E-state index contributed by atoms with van der Waals surface area (Å²) in [6.45, 7) is 2.11. The molecule has 3 N–H and O–H groups in total. The summed E-state index contributed by atoms with van der Waals surface area (Å²) in [6.07, 6.45) is 7.43. The van der Waals surface area contributed by atoms with E-state index < -0.39 is 0 Å². The number of anilines is 2. The van der Waals surface area contributed by atoms with Gasteiger partial charge in [0, 0.05) is 24.2 Å². The van der Waals surface area contributed by atoms with Gasteiger partial charge in [0.2, 0.25) is 0 Å². The Kier molecular flexibility index (Phi) is 3.19. The fourth-order valence-corrected chi connectivity index (χ4v) is 2.16. The Balaban J connectivity index is 2.31. The van der Waals surface area contributed by atoms with Crippen molar-refractivity contribution in [1.29, 1.82) is 0 Å². The van der Waals surface area contributed by atoms with Crippen LogP contribution < -0.4 is 11.1 Å². The monoisotopic (exact) mass is 237 g/mol. The second kappa shape index (κ2) is 4.61. The molecule has 2 aromatic rings. The van der Waals surface area contributed by atoms with Crippen molar-refractivity contribution in [1.82, 2.24) is 14.4 Å². The highest BCUT2D eigenvalue weighted by Gasteiger charge is 2.08. The van der Waals surface area contributed by atoms with E-state index in [0.29, 0.717) is 11.9 Å². The first kappa shape index (κ1) is 11.1. The lowest BCUT2D eigenvalue weighted by Gasteiger charge is -2.13. The Morgan fingerprint density at radius 1 is 1.62 bits per heavy atom. The zero-order valence-electron chi connectivity index (χ0n) is 9.34. The summed E-state index contributed by atoms with van der Waals surface area (Å²) in [7, 11) is 0. The number of hydrogen-bond donors (Lipinski definition) is 2. The molecule has 2 rings (SSSR count). The van der Waals surface area contributed by atoms with E-state index in [1.165, 1.54) is 0 Å². The first-order chi connectivity index (χ1) is 7.70. The number of fused-ring (bicyclic) bond motifs is 1. The Morgan fingerprint density at radius 2 is 2.44 bits per heavy atom. The summed E-state index contributed by atoms with van der Waals surface area (Å²) in [6, 6.07) is 0.338. The third-order valence-electron chi connectivity index (χ3n) is 2.19. The van der Waals surface area contributed by atoms with Gasteiger partial charge in [-0.1, -0.05) is 0 Å². The molecule has 0 aliphatic carbocycles. The molecule has 1 unspecified atom stereocenters. The van der Waals surface area contributed by atoms with Crippen molar-refractivity contribution in [3.8, 4) is 0 Å². The number of nitrogens with one attached hydrogen (secondary N) is 1. The fourth-order valence-electron chi connectivity index (χ4n) is 1.57. The lowest BCUT2D eigenvalue weighted by atomic mass is 10.4. The van der Waals surface area contributed by atoms with Crippen molar-refractivity contribution >= 4 is 29.0 Å². The summed E-state index contributed by atoms with van der Waals surface area (Å²) < 4.78 is 1.87. The summed E-state index contributed by atoms with van der Waals surface area (Å²) >= 11 is 1.79. The van der Waals surface area contributed by atoms with Gasteiger partial charge in [-0.05, 0) is 13.2 Å². The van der Waals surface area contributed by atoms with E-state index in [2.05, 4.69) is 28.5 Å². The highest BCUT2D eigenvalue weighted by atomic mass is 32.2. The number of aromatic nitrogens is 3. The van der Waals surface area contributed by atoms with Crippen LogP contribution in [0, 0.1) is 0 Å². The van der Waals surface area contributed by atoms with Crippen molar-refractivity contribution in [2.24, 2.45) is 0 Å². The van der Waals surface area contributed by atoms with Gasteiger partial charge in [-0.25, -0.2) is 9.97 Å². The Bertz CT molecular complexity index is 481. The predicted octanol–water partition coefficient (Wildman–Crippen LogP) is 1.47. The van der Waals surface area contributed by atoms with Gasteiger partial charge in [0.05, 0.1) is 6.20 Å². The molecule has 0 saturated heterocycles. The van der Waals surface area contributed by atoms with E-state index in [1.807, 2.05) is 10.6 Å². The number of nitrogen functional groups attached to an aromatic ring is 1. The Morgan fingerprint density at radius 3 is 3.19 bits per heavy atom. The van der Waals surface area contributed by atoms with Crippen LogP contribution in [0.1, 0.15) is 6.92 Å². The molecule has 0 spiro atoms. The summed E-state index contributed by atoms with van der Waals surface area (Å²) in [5, 5.41) is 3.32. The predicted molar refractivity (Wildman–Crippen MR) is 68.9 cm³/mol. The number of thioether (sulfide) groups is 1. The molecule has 0 amide bonds. The number of rotatable bonds is 4. The molecule has 1 atom stereocenters. The molecule has 0 aliphatic heterocycles. The van der Waals surface area contributed by atoms with Gasteiger partial charge in [0.1, 0.15) is 5.82 Å². The van der Waals surface area contributed by atoms with Gasteiger partial charge >= 0.3 is 0 Å². The molecule has 2 heterocycles. The molecule has 5 nitrogen and oxygen atoms in total. The lowest BCUT2D eigenvalue weighted by Crippen LogP contribution is -2.19. The number of hydrogen-bond acceptors (Lipinski definition) is 5. The zero-order valence-corrected chi connectivity index (χ0v) is 10.2. The molecule has 0 fully saturated rings. The molecule has 16 heavy (non-hydrogen) atoms. The van der Waals surface area contributed by atoms with Crippen LogP contribution in [0.15, 0.2) is 18.6 Å². The van der Waals surface area contributed by atoms with E-state index in [1.54, 1.807) is 24.2 Å². The minimum absolute atomic E-state index is 0.338. The molecule has 0 aromatic carbocycles. The molecular weight excluding hydrogens is 222 g/mol. The van der Waals surface area contributed by atoms with E-state index in [0.717, 1.165) is 17.2 Å². The minimum Gasteiger partial charge on any atom is -0.382 e. The maximum Gasteiger partial charge on any atom is 0.180 e. The number of imidazole rings is 1. The van der Waals surface area contributed by atoms with Crippen molar-refractivity contribution in [3.05, 3.63) is 18.6 Å². The first-order valence-electron chi connectivity index (χ1n) is 5.05. The van der Waals surface area contributed by atoms with E-state index >= 15 is 0 Å². The SMILES string of the molecule is CSCC(C)Nc1nc(N)cn2ccnc12. The highest BCUT2D eigenvalue weighted by Crippen LogP contribution is 2.16. The topological polar surface area (TPSA) is 68.2 Å². The van der Waals surface area contributed by atoms with Crippen LogP contribution >= 0.6 is 11.8 Å². The third-order valence-corrected chi connectivity index (χ3v) is 3.03. The van der Waals surface area contributed by atoms with E-state index in [4.69, 9.17) is 5.73 Å². The number of nitrogens with two attached hydrogens (primary N) is 1. The normalized spacial score (nSPS) is 12.9.